The number of rotatable bonds is 4. The number of aryl methyl sites for hydroxylation is 2. The zero-order valence-corrected chi connectivity index (χ0v) is 17.4. The summed E-state index contributed by atoms with van der Waals surface area (Å²) in [6.45, 7) is 1.97. The first-order valence-electron chi connectivity index (χ1n) is 10.1. The number of nitrogens with one attached hydrogen (secondary N) is 1. The molecule has 0 radical (unpaired) electrons. The summed E-state index contributed by atoms with van der Waals surface area (Å²) in [5, 5.41) is 2.89. The average Bonchev–Trinajstić information content (AvgIpc) is 2.79. The van der Waals surface area contributed by atoms with E-state index in [1.807, 2.05) is 49.4 Å². The fourth-order valence-electron chi connectivity index (χ4n) is 3.83. The minimum atomic E-state index is -0.759. The van der Waals surface area contributed by atoms with Crippen molar-refractivity contribution in [2.75, 3.05) is 17.3 Å². The molecule has 0 aromatic heterocycles. The van der Waals surface area contributed by atoms with Crippen molar-refractivity contribution < 1.29 is 18.7 Å². The Morgan fingerprint density at radius 3 is 2.52 bits per heavy atom. The van der Waals surface area contributed by atoms with E-state index in [4.69, 9.17) is 4.74 Å². The molecule has 1 aliphatic heterocycles. The lowest BCUT2D eigenvalue weighted by Crippen LogP contribution is -2.50. The molecule has 0 fully saturated rings. The number of methoxy groups -OCH3 is 1. The van der Waals surface area contributed by atoms with Gasteiger partial charge in [-0.1, -0.05) is 35.9 Å². The van der Waals surface area contributed by atoms with Crippen LogP contribution in [-0.4, -0.2) is 25.0 Å². The number of ether oxygens (including phenoxy) is 1. The van der Waals surface area contributed by atoms with Gasteiger partial charge in [0.2, 0.25) is 5.91 Å². The number of hydrogen-bond donors (Lipinski definition) is 1. The van der Waals surface area contributed by atoms with Gasteiger partial charge in [-0.05, 0) is 55.7 Å². The van der Waals surface area contributed by atoms with Gasteiger partial charge in [-0.15, -0.1) is 0 Å². The summed E-state index contributed by atoms with van der Waals surface area (Å²) >= 11 is 0. The Kier molecular flexibility index (Phi) is 5.71. The van der Waals surface area contributed by atoms with E-state index >= 15 is 0 Å². The van der Waals surface area contributed by atoms with E-state index in [-0.39, 0.29) is 11.5 Å². The smallest absolute Gasteiger partial charge is 0.262 e. The van der Waals surface area contributed by atoms with Crippen LogP contribution < -0.4 is 15.0 Å². The van der Waals surface area contributed by atoms with Gasteiger partial charge in [0, 0.05) is 17.4 Å². The Hall–Kier alpha value is -3.67. The molecule has 3 aromatic rings. The van der Waals surface area contributed by atoms with Crippen molar-refractivity contribution in [2.24, 2.45) is 0 Å². The highest BCUT2D eigenvalue weighted by molar-refractivity contribution is 6.12. The first-order chi connectivity index (χ1) is 15.0. The fourth-order valence-corrected chi connectivity index (χ4v) is 3.83. The first-order valence-corrected chi connectivity index (χ1v) is 10.1. The summed E-state index contributed by atoms with van der Waals surface area (Å²) in [7, 11) is 1.43. The van der Waals surface area contributed by atoms with Crippen LogP contribution >= 0.6 is 0 Å². The number of nitrogens with zero attached hydrogens (tertiary/aromatic N) is 1. The van der Waals surface area contributed by atoms with Crippen LogP contribution in [0.25, 0.3) is 0 Å². The molecule has 1 heterocycles. The normalized spacial score (nSPS) is 15.2. The zero-order valence-electron chi connectivity index (χ0n) is 17.4. The Balaban J connectivity index is 1.70. The molecule has 0 saturated carbocycles. The Labute approximate surface area is 180 Å². The summed E-state index contributed by atoms with van der Waals surface area (Å²) in [5.74, 6) is -1.23. The Bertz CT molecular complexity index is 1130. The number of anilines is 2. The lowest BCUT2D eigenvalue weighted by atomic mass is 9.94. The highest BCUT2D eigenvalue weighted by atomic mass is 19.1. The van der Waals surface area contributed by atoms with Gasteiger partial charge in [-0.2, -0.15) is 0 Å². The molecule has 5 nitrogen and oxygen atoms in total. The van der Waals surface area contributed by atoms with E-state index in [9.17, 15) is 14.0 Å². The predicted molar refractivity (Wildman–Crippen MR) is 118 cm³/mol. The van der Waals surface area contributed by atoms with Gasteiger partial charge in [0.05, 0.1) is 12.7 Å². The number of fused-ring (bicyclic) bond motifs is 1. The van der Waals surface area contributed by atoms with Gasteiger partial charge in [0.25, 0.3) is 5.91 Å². The van der Waals surface area contributed by atoms with Crippen molar-refractivity contribution in [1.82, 2.24) is 0 Å². The predicted octanol–water partition coefficient (Wildman–Crippen LogP) is 4.74. The monoisotopic (exact) mass is 418 g/mol. The quantitative estimate of drug-likeness (QED) is 0.666. The molecule has 1 aliphatic rings. The SMILES string of the molecule is COc1ccc(C(=O)N2c3ccccc3CCC2C(=O)Nc2ccc(C)cc2)c(F)c1. The van der Waals surface area contributed by atoms with E-state index in [2.05, 4.69) is 5.32 Å². The number of amides is 2. The zero-order chi connectivity index (χ0) is 22.0. The van der Waals surface area contributed by atoms with Crippen molar-refractivity contribution in [1.29, 1.82) is 0 Å². The number of benzene rings is 3. The first kappa shape index (κ1) is 20.6. The standard InChI is InChI=1S/C25H23FN2O3/c1-16-7-10-18(11-8-16)27-24(29)23-14-9-17-5-3-4-6-22(17)28(23)25(30)20-13-12-19(31-2)15-21(20)26/h3-8,10-13,15,23H,9,14H2,1-2H3,(H,27,29). The largest absolute Gasteiger partial charge is 0.497 e. The summed E-state index contributed by atoms with van der Waals surface area (Å²) in [4.78, 5) is 28.0. The van der Waals surface area contributed by atoms with Crippen molar-refractivity contribution in [3.05, 3.63) is 89.2 Å². The fraction of sp³-hybridized carbons (Fsp3) is 0.200. The van der Waals surface area contributed by atoms with Crippen molar-refractivity contribution in [3.63, 3.8) is 0 Å². The Morgan fingerprint density at radius 2 is 1.81 bits per heavy atom. The van der Waals surface area contributed by atoms with E-state index in [1.165, 1.54) is 30.2 Å². The molecule has 1 N–H and O–H groups in total. The Morgan fingerprint density at radius 1 is 1.06 bits per heavy atom. The molecule has 158 valence electrons. The number of hydrogen-bond acceptors (Lipinski definition) is 3. The van der Waals surface area contributed by atoms with Crippen LogP contribution in [0.2, 0.25) is 0 Å². The van der Waals surface area contributed by atoms with Crippen LogP contribution in [-0.2, 0) is 11.2 Å². The molecule has 0 spiro atoms. The maximum absolute atomic E-state index is 14.7. The second kappa shape index (κ2) is 8.60. The molecule has 0 aliphatic carbocycles. The van der Waals surface area contributed by atoms with Gasteiger partial charge in [0.1, 0.15) is 17.6 Å². The molecule has 0 saturated heterocycles. The average molecular weight is 418 g/mol. The molecular weight excluding hydrogens is 395 g/mol. The lowest BCUT2D eigenvalue weighted by Gasteiger charge is -2.36. The third-order valence-electron chi connectivity index (χ3n) is 5.50. The van der Waals surface area contributed by atoms with E-state index < -0.39 is 17.8 Å². The van der Waals surface area contributed by atoms with Crippen LogP contribution in [0.3, 0.4) is 0 Å². The molecule has 6 heteroatoms. The molecule has 2 amide bonds. The van der Waals surface area contributed by atoms with Crippen LogP contribution in [0.4, 0.5) is 15.8 Å². The van der Waals surface area contributed by atoms with E-state index in [0.717, 1.165) is 11.1 Å². The van der Waals surface area contributed by atoms with Gasteiger partial charge in [-0.25, -0.2) is 4.39 Å². The summed E-state index contributed by atoms with van der Waals surface area (Å²) in [6, 6.07) is 18.2. The van der Waals surface area contributed by atoms with Crippen LogP contribution in [0.1, 0.15) is 27.9 Å². The molecule has 3 aromatic carbocycles. The van der Waals surface area contributed by atoms with Crippen molar-refractivity contribution in [3.8, 4) is 5.75 Å². The second-order valence-electron chi connectivity index (χ2n) is 7.56. The van der Waals surface area contributed by atoms with Crippen molar-refractivity contribution in [2.45, 2.75) is 25.8 Å². The van der Waals surface area contributed by atoms with Crippen LogP contribution in [0, 0.1) is 12.7 Å². The van der Waals surface area contributed by atoms with Gasteiger partial charge in [0.15, 0.2) is 0 Å². The summed E-state index contributed by atoms with van der Waals surface area (Å²) < 4.78 is 19.7. The van der Waals surface area contributed by atoms with E-state index in [0.29, 0.717) is 30.0 Å². The van der Waals surface area contributed by atoms with Crippen molar-refractivity contribution >= 4 is 23.2 Å². The maximum atomic E-state index is 14.7. The summed E-state index contributed by atoms with van der Waals surface area (Å²) in [6.07, 6.45) is 1.09. The third kappa shape index (κ3) is 4.14. The number of halogens is 1. The number of carbonyl (C=O) groups excluding carboxylic acids is 2. The highest BCUT2D eigenvalue weighted by Gasteiger charge is 2.37. The molecule has 1 atom stereocenters. The maximum Gasteiger partial charge on any atom is 0.262 e. The highest BCUT2D eigenvalue weighted by Crippen LogP contribution is 2.33. The molecular formula is C25H23FN2O3. The molecule has 0 bridgehead atoms. The van der Waals surface area contributed by atoms with Gasteiger partial charge < -0.3 is 10.1 Å². The number of carbonyl (C=O) groups is 2. The van der Waals surface area contributed by atoms with Gasteiger partial charge >= 0.3 is 0 Å². The minimum Gasteiger partial charge on any atom is -0.497 e. The van der Waals surface area contributed by atoms with Gasteiger partial charge in [-0.3, -0.25) is 14.5 Å². The second-order valence-corrected chi connectivity index (χ2v) is 7.56. The molecule has 1 unspecified atom stereocenters. The summed E-state index contributed by atoms with van der Waals surface area (Å²) in [5.41, 5.74) is 3.20. The topological polar surface area (TPSA) is 58.6 Å². The minimum absolute atomic E-state index is 0.106. The molecule has 4 rings (SSSR count). The molecule has 31 heavy (non-hydrogen) atoms. The van der Waals surface area contributed by atoms with Crippen LogP contribution in [0.15, 0.2) is 66.7 Å². The lowest BCUT2D eigenvalue weighted by molar-refractivity contribution is -0.117. The number of para-hydroxylation sites is 1. The van der Waals surface area contributed by atoms with Crippen LogP contribution in [0.5, 0.6) is 5.75 Å². The third-order valence-corrected chi connectivity index (χ3v) is 5.50. The van der Waals surface area contributed by atoms with E-state index in [1.54, 1.807) is 6.07 Å².